The van der Waals surface area contributed by atoms with Crippen LogP contribution in [0.15, 0.2) is 60.8 Å². The van der Waals surface area contributed by atoms with Gasteiger partial charge in [-0.25, -0.2) is 8.78 Å². The molecule has 0 saturated carbocycles. The van der Waals surface area contributed by atoms with E-state index in [1.165, 1.54) is 18.3 Å². The summed E-state index contributed by atoms with van der Waals surface area (Å²) in [7, 11) is 0. The van der Waals surface area contributed by atoms with Crippen molar-refractivity contribution in [3.63, 3.8) is 0 Å². The van der Waals surface area contributed by atoms with Crippen LogP contribution in [0.1, 0.15) is 10.5 Å². The van der Waals surface area contributed by atoms with Gasteiger partial charge in [0.25, 0.3) is 5.91 Å². The molecule has 3 aromatic rings. The number of aromatic nitrogens is 1. The van der Waals surface area contributed by atoms with E-state index in [4.69, 9.17) is 11.6 Å². The molecule has 25 heavy (non-hydrogen) atoms. The van der Waals surface area contributed by atoms with Crippen molar-refractivity contribution in [1.82, 2.24) is 4.98 Å². The zero-order chi connectivity index (χ0) is 17.8. The van der Waals surface area contributed by atoms with Gasteiger partial charge >= 0.3 is 0 Å². The van der Waals surface area contributed by atoms with Crippen LogP contribution in [0.25, 0.3) is 0 Å². The minimum absolute atomic E-state index is 0.00896. The predicted molar refractivity (Wildman–Crippen MR) is 93.3 cm³/mol. The maximum Gasteiger partial charge on any atom is 0.274 e. The molecule has 0 atom stereocenters. The molecule has 0 bridgehead atoms. The lowest BCUT2D eigenvalue weighted by Crippen LogP contribution is -2.16. The summed E-state index contributed by atoms with van der Waals surface area (Å²) in [5.41, 5.74) is 0.804. The number of amides is 1. The van der Waals surface area contributed by atoms with Gasteiger partial charge in [-0.05, 0) is 42.5 Å². The van der Waals surface area contributed by atoms with Crippen molar-refractivity contribution in [3.8, 4) is 0 Å². The summed E-state index contributed by atoms with van der Waals surface area (Å²) in [6.45, 7) is 0. The monoisotopic (exact) mass is 359 g/mol. The fourth-order valence-electron chi connectivity index (χ4n) is 2.16. The first-order valence-corrected chi connectivity index (χ1v) is 7.65. The van der Waals surface area contributed by atoms with E-state index in [2.05, 4.69) is 15.6 Å². The number of pyridine rings is 1. The predicted octanol–water partition coefficient (Wildman–Crippen LogP) is 5.01. The number of rotatable bonds is 4. The minimum Gasteiger partial charge on any atom is -0.355 e. The number of anilines is 3. The molecule has 0 spiro atoms. The Morgan fingerprint density at radius 1 is 0.960 bits per heavy atom. The Morgan fingerprint density at radius 3 is 2.36 bits per heavy atom. The highest BCUT2D eigenvalue weighted by molar-refractivity contribution is 6.30. The number of nitrogens with one attached hydrogen (secondary N) is 2. The molecule has 0 unspecified atom stereocenters. The van der Waals surface area contributed by atoms with Gasteiger partial charge in [-0.2, -0.15) is 0 Å². The van der Waals surface area contributed by atoms with Gasteiger partial charge in [-0.1, -0.05) is 23.7 Å². The van der Waals surface area contributed by atoms with Gasteiger partial charge < -0.3 is 10.6 Å². The lowest BCUT2D eigenvalue weighted by atomic mass is 10.2. The highest BCUT2D eigenvalue weighted by Gasteiger charge is 2.14. The molecule has 0 aliphatic rings. The number of nitrogens with zero attached hydrogens (tertiary/aromatic N) is 1. The van der Waals surface area contributed by atoms with Crippen molar-refractivity contribution in [3.05, 3.63) is 83.1 Å². The van der Waals surface area contributed by atoms with Gasteiger partial charge in [0, 0.05) is 22.6 Å². The standard InChI is InChI=1S/C18H12ClF2N3O/c19-11-3-1-4-12(9-11)23-13-7-8-22-16(10-13)18(25)24-17-14(20)5-2-6-15(17)21/h1-10H,(H,22,23)(H,24,25). The fourth-order valence-corrected chi connectivity index (χ4v) is 2.35. The number of benzene rings is 2. The molecule has 3 rings (SSSR count). The summed E-state index contributed by atoms with van der Waals surface area (Å²) >= 11 is 5.93. The molecule has 1 aromatic heterocycles. The summed E-state index contributed by atoms with van der Waals surface area (Å²) < 4.78 is 27.3. The van der Waals surface area contributed by atoms with Crippen LogP contribution in [0.3, 0.4) is 0 Å². The van der Waals surface area contributed by atoms with E-state index >= 15 is 0 Å². The first-order valence-electron chi connectivity index (χ1n) is 7.27. The second-order valence-electron chi connectivity index (χ2n) is 5.12. The first-order chi connectivity index (χ1) is 12.0. The van der Waals surface area contributed by atoms with E-state index in [-0.39, 0.29) is 5.69 Å². The van der Waals surface area contributed by atoms with Crippen molar-refractivity contribution >= 4 is 34.6 Å². The van der Waals surface area contributed by atoms with Crippen LogP contribution in [0, 0.1) is 11.6 Å². The molecular formula is C18H12ClF2N3O. The Morgan fingerprint density at radius 2 is 1.64 bits per heavy atom. The van der Waals surface area contributed by atoms with Gasteiger partial charge in [-0.15, -0.1) is 0 Å². The molecule has 1 heterocycles. The zero-order valence-electron chi connectivity index (χ0n) is 12.8. The Labute approximate surface area is 147 Å². The second kappa shape index (κ2) is 7.27. The van der Waals surface area contributed by atoms with Crippen LogP contribution in [-0.2, 0) is 0 Å². The fraction of sp³-hybridized carbons (Fsp3) is 0. The second-order valence-corrected chi connectivity index (χ2v) is 5.55. The van der Waals surface area contributed by atoms with Crippen molar-refractivity contribution in [1.29, 1.82) is 0 Å². The molecule has 2 N–H and O–H groups in total. The third-order valence-corrected chi connectivity index (χ3v) is 3.54. The SMILES string of the molecule is O=C(Nc1c(F)cccc1F)c1cc(Nc2cccc(Cl)c2)ccn1. The van der Waals surface area contributed by atoms with Gasteiger partial charge in [0.15, 0.2) is 0 Å². The summed E-state index contributed by atoms with van der Waals surface area (Å²) in [5.74, 6) is -2.44. The number of hydrogen-bond donors (Lipinski definition) is 2. The quantitative estimate of drug-likeness (QED) is 0.688. The Kier molecular flexibility index (Phi) is 4.90. The highest BCUT2D eigenvalue weighted by Crippen LogP contribution is 2.22. The minimum atomic E-state index is -0.860. The zero-order valence-corrected chi connectivity index (χ0v) is 13.5. The van der Waals surface area contributed by atoms with Gasteiger partial charge in [0.05, 0.1) is 0 Å². The third kappa shape index (κ3) is 4.10. The van der Waals surface area contributed by atoms with Crippen molar-refractivity contribution in [2.75, 3.05) is 10.6 Å². The summed E-state index contributed by atoms with van der Waals surface area (Å²) in [6.07, 6.45) is 1.42. The number of para-hydroxylation sites is 1. The number of halogens is 3. The van der Waals surface area contributed by atoms with E-state index in [0.717, 1.165) is 17.8 Å². The number of carbonyl (C=O) groups is 1. The Hall–Kier alpha value is -2.99. The maximum absolute atomic E-state index is 13.6. The molecule has 126 valence electrons. The topological polar surface area (TPSA) is 54.0 Å². The van der Waals surface area contributed by atoms with Crippen LogP contribution in [0.4, 0.5) is 25.8 Å². The highest BCUT2D eigenvalue weighted by atomic mass is 35.5. The molecule has 0 fully saturated rings. The van der Waals surface area contributed by atoms with Crippen molar-refractivity contribution < 1.29 is 13.6 Å². The molecule has 0 radical (unpaired) electrons. The van der Waals surface area contributed by atoms with Crippen LogP contribution in [0.5, 0.6) is 0 Å². The summed E-state index contributed by atoms with van der Waals surface area (Å²) in [5, 5.41) is 5.83. The maximum atomic E-state index is 13.6. The van der Waals surface area contributed by atoms with Crippen LogP contribution >= 0.6 is 11.6 Å². The van der Waals surface area contributed by atoms with Crippen LogP contribution in [-0.4, -0.2) is 10.9 Å². The van der Waals surface area contributed by atoms with Crippen molar-refractivity contribution in [2.45, 2.75) is 0 Å². The van der Waals surface area contributed by atoms with Gasteiger partial charge in [0.1, 0.15) is 23.0 Å². The van der Waals surface area contributed by atoms with Gasteiger partial charge in [0.2, 0.25) is 0 Å². The molecule has 0 aliphatic heterocycles. The van der Waals surface area contributed by atoms with E-state index in [9.17, 15) is 13.6 Å². The summed E-state index contributed by atoms with van der Waals surface area (Å²) in [6, 6.07) is 13.5. The first kappa shape index (κ1) is 16.9. The Bertz CT molecular complexity index is 913. The molecular weight excluding hydrogens is 348 g/mol. The molecule has 0 saturated heterocycles. The molecule has 4 nitrogen and oxygen atoms in total. The molecule has 2 aromatic carbocycles. The molecule has 7 heteroatoms. The molecule has 1 amide bonds. The average Bonchev–Trinajstić information content (AvgIpc) is 2.58. The van der Waals surface area contributed by atoms with E-state index in [1.54, 1.807) is 30.3 Å². The normalized spacial score (nSPS) is 10.4. The largest absolute Gasteiger partial charge is 0.355 e. The smallest absolute Gasteiger partial charge is 0.274 e. The van der Waals surface area contributed by atoms with Crippen molar-refractivity contribution in [2.24, 2.45) is 0 Å². The van der Waals surface area contributed by atoms with Gasteiger partial charge in [-0.3, -0.25) is 9.78 Å². The summed E-state index contributed by atoms with van der Waals surface area (Å²) in [4.78, 5) is 16.2. The van der Waals surface area contributed by atoms with Crippen LogP contribution in [0.2, 0.25) is 5.02 Å². The lowest BCUT2D eigenvalue weighted by Gasteiger charge is -2.09. The van der Waals surface area contributed by atoms with E-state index in [0.29, 0.717) is 10.7 Å². The number of carbonyl (C=O) groups excluding carboxylic acids is 1. The van der Waals surface area contributed by atoms with Crippen LogP contribution < -0.4 is 10.6 Å². The third-order valence-electron chi connectivity index (χ3n) is 3.31. The average molecular weight is 360 g/mol. The van der Waals surface area contributed by atoms with E-state index < -0.39 is 23.2 Å². The van der Waals surface area contributed by atoms with E-state index in [1.807, 2.05) is 0 Å². The Balaban J connectivity index is 1.80. The number of hydrogen-bond acceptors (Lipinski definition) is 3. The molecule has 0 aliphatic carbocycles. The lowest BCUT2D eigenvalue weighted by molar-refractivity contribution is 0.102.